The molecule has 8 nitrogen and oxygen atoms in total. The number of nitrogens with one attached hydrogen (secondary N) is 1. The number of amides is 2. The Labute approximate surface area is 200 Å². The predicted molar refractivity (Wildman–Crippen MR) is 129 cm³/mol. The van der Waals surface area contributed by atoms with Crippen LogP contribution >= 0.6 is 0 Å². The lowest BCUT2D eigenvalue weighted by Gasteiger charge is -2.32. The number of hydrogen-bond donors (Lipinski definition) is 1. The molecule has 2 aromatic carbocycles. The predicted octanol–water partition coefficient (Wildman–Crippen LogP) is 2.43. The Balaban J connectivity index is 1.92. The van der Waals surface area contributed by atoms with Crippen molar-refractivity contribution in [2.24, 2.45) is 0 Å². The molecule has 0 unspecified atom stereocenters. The molecule has 1 N–H and O–H groups in total. The lowest BCUT2D eigenvalue weighted by atomic mass is 10.0. The van der Waals surface area contributed by atoms with Crippen LogP contribution in [-0.2, 0) is 39.1 Å². The maximum Gasteiger partial charge on any atom is 0.243 e. The van der Waals surface area contributed by atoms with E-state index in [-0.39, 0.29) is 32.0 Å². The first-order chi connectivity index (χ1) is 16.2. The van der Waals surface area contributed by atoms with Crippen molar-refractivity contribution < 1.29 is 22.4 Å². The van der Waals surface area contributed by atoms with Crippen LogP contribution in [0.1, 0.15) is 16.9 Å². The summed E-state index contributed by atoms with van der Waals surface area (Å²) in [7, 11) is -2.23. The summed E-state index contributed by atoms with van der Waals surface area (Å²) in [6.07, 6.45) is 2.83. The van der Waals surface area contributed by atoms with Gasteiger partial charge in [-0.15, -0.1) is 0 Å². The zero-order valence-electron chi connectivity index (χ0n) is 19.3. The number of sulfonamides is 1. The van der Waals surface area contributed by atoms with Gasteiger partial charge < -0.3 is 14.6 Å². The summed E-state index contributed by atoms with van der Waals surface area (Å²) >= 11 is 0. The average molecular weight is 484 g/mol. The van der Waals surface area contributed by atoms with Gasteiger partial charge in [0.1, 0.15) is 11.8 Å². The number of hydrogen-bond acceptors (Lipinski definition) is 5. The molecule has 0 aliphatic heterocycles. The summed E-state index contributed by atoms with van der Waals surface area (Å²) in [6.45, 7) is -0.0426. The van der Waals surface area contributed by atoms with Crippen molar-refractivity contribution in [3.8, 4) is 0 Å². The van der Waals surface area contributed by atoms with Crippen LogP contribution in [0.4, 0.5) is 0 Å². The van der Waals surface area contributed by atoms with Crippen molar-refractivity contribution in [2.75, 3.05) is 19.8 Å². The standard InChI is InChI=1S/C25H29N3O5S/c1-27(34(2,31)32)19-24(29)28(18-21-12-7-4-8-13-21)23(16-20-10-5-3-6-11-20)25(30)26-17-22-14-9-15-33-22/h3-15,23H,16-19H2,1-2H3,(H,26,30)/t23-/m1/s1. The molecule has 1 heterocycles. The van der Waals surface area contributed by atoms with Gasteiger partial charge in [-0.3, -0.25) is 9.59 Å². The average Bonchev–Trinajstić information content (AvgIpc) is 3.34. The number of carbonyl (C=O) groups excluding carboxylic acids is 2. The second-order valence-electron chi connectivity index (χ2n) is 8.03. The Hall–Kier alpha value is -3.43. The van der Waals surface area contributed by atoms with Crippen molar-refractivity contribution >= 4 is 21.8 Å². The summed E-state index contributed by atoms with van der Waals surface area (Å²) in [5.74, 6) is -0.234. The van der Waals surface area contributed by atoms with Gasteiger partial charge in [-0.2, -0.15) is 4.31 Å². The van der Waals surface area contributed by atoms with Crippen LogP contribution in [0.3, 0.4) is 0 Å². The van der Waals surface area contributed by atoms with Gasteiger partial charge in [0.15, 0.2) is 0 Å². The maximum atomic E-state index is 13.4. The summed E-state index contributed by atoms with van der Waals surface area (Å²) in [5, 5.41) is 2.85. The normalized spacial score (nSPS) is 12.3. The second-order valence-corrected chi connectivity index (χ2v) is 10.1. The van der Waals surface area contributed by atoms with Crippen molar-refractivity contribution in [1.82, 2.24) is 14.5 Å². The molecule has 0 aliphatic rings. The van der Waals surface area contributed by atoms with Gasteiger partial charge in [-0.1, -0.05) is 60.7 Å². The van der Waals surface area contributed by atoms with E-state index in [1.165, 1.54) is 18.2 Å². The van der Waals surface area contributed by atoms with E-state index >= 15 is 0 Å². The molecular weight excluding hydrogens is 454 g/mol. The molecular formula is C25H29N3O5S. The first-order valence-corrected chi connectivity index (χ1v) is 12.7. The largest absolute Gasteiger partial charge is 0.467 e. The monoisotopic (exact) mass is 483 g/mol. The van der Waals surface area contributed by atoms with Gasteiger partial charge in [-0.05, 0) is 23.3 Å². The Morgan fingerprint density at radius 3 is 2.12 bits per heavy atom. The lowest BCUT2D eigenvalue weighted by molar-refractivity contribution is -0.141. The molecule has 0 radical (unpaired) electrons. The van der Waals surface area contributed by atoms with E-state index < -0.39 is 22.0 Å². The summed E-state index contributed by atoms with van der Waals surface area (Å²) < 4.78 is 30.2. The quantitative estimate of drug-likeness (QED) is 0.452. The molecule has 3 rings (SSSR count). The van der Waals surface area contributed by atoms with Gasteiger partial charge in [0.25, 0.3) is 0 Å². The van der Waals surface area contributed by atoms with Crippen molar-refractivity contribution in [2.45, 2.75) is 25.6 Å². The third-order valence-electron chi connectivity index (χ3n) is 5.41. The number of rotatable bonds is 11. The van der Waals surface area contributed by atoms with Crippen molar-refractivity contribution in [1.29, 1.82) is 0 Å². The van der Waals surface area contributed by atoms with Crippen LogP contribution in [0.25, 0.3) is 0 Å². The summed E-state index contributed by atoms with van der Waals surface area (Å²) in [5.41, 5.74) is 1.71. The zero-order chi connectivity index (χ0) is 24.6. The highest BCUT2D eigenvalue weighted by Gasteiger charge is 2.31. The topological polar surface area (TPSA) is 99.9 Å². The first-order valence-electron chi connectivity index (χ1n) is 10.8. The minimum absolute atomic E-state index is 0.156. The van der Waals surface area contributed by atoms with Crippen molar-refractivity contribution in [3.05, 3.63) is 95.9 Å². The van der Waals surface area contributed by atoms with Gasteiger partial charge >= 0.3 is 0 Å². The van der Waals surface area contributed by atoms with Gasteiger partial charge in [-0.25, -0.2) is 8.42 Å². The van der Waals surface area contributed by atoms with E-state index in [0.29, 0.717) is 5.76 Å². The highest BCUT2D eigenvalue weighted by Crippen LogP contribution is 2.16. The highest BCUT2D eigenvalue weighted by molar-refractivity contribution is 7.88. The van der Waals surface area contributed by atoms with Crippen LogP contribution in [0.15, 0.2) is 83.5 Å². The SMILES string of the molecule is CN(CC(=O)N(Cc1ccccc1)[C@H](Cc1ccccc1)C(=O)NCc1ccco1)S(C)(=O)=O. The highest BCUT2D eigenvalue weighted by atomic mass is 32.2. The Kier molecular flexibility index (Phi) is 8.61. The van der Waals surface area contributed by atoms with Crippen LogP contribution in [-0.4, -0.2) is 55.3 Å². The van der Waals surface area contributed by atoms with Crippen LogP contribution in [0.2, 0.25) is 0 Å². The molecule has 2 amide bonds. The molecule has 180 valence electrons. The molecule has 3 aromatic rings. The molecule has 0 aliphatic carbocycles. The molecule has 0 saturated carbocycles. The smallest absolute Gasteiger partial charge is 0.243 e. The van der Waals surface area contributed by atoms with Crippen LogP contribution < -0.4 is 5.32 Å². The van der Waals surface area contributed by atoms with Crippen molar-refractivity contribution in [3.63, 3.8) is 0 Å². The first kappa shape index (κ1) is 25.2. The number of nitrogens with zero attached hydrogens (tertiary/aromatic N) is 2. The molecule has 0 bridgehead atoms. The molecule has 1 aromatic heterocycles. The van der Waals surface area contributed by atoms with Crippen LogP contribution in [0, 0.1) is 0 Å². The van der Waals surface area contributed by atoms with Crippen LogP contribution in [0.5, 0.6) is 0 Å². The fourth-order valence-electron chi connectivity index (χ4n) is 3.44. The van der Waals surface area contributed by atoms with E-state index in [1.54, 1.807) is 12.1 Å². The summed E-state index contributed by atoms with van der Waals surface area (Å²) in [4.78, 5) is 28.2. The Bertz CT molecular complexity index is 1170. The van der Waals surface area contributed by atoms with E-state index in [4.69, 9.17) is 4.42 Å². The summed E-state index contributed by atoms with van der Waals surface area (Å²) in [6, 6.07) is 21.3. The minimum atomic E-state index is -3.58. The van der Waals surface area contributed by atoms with E-state index in [2.05, 4.69) is 5.32 Å². The number of furan rings is 1. The fourth-order valence-corrected chi connectivity index (χ4v) is 3.78. The van der Waals surface area contributed by atoms with Gasteiger partial charge in [0, 0.05) is 20.0 Å². The van der Waals surface area contributed by atoms with Gasteiger partial charge in [0.05, 0.1) is 25.6 Å². The molecule has 0 spiro atoms. The second kappa shape index (κ2) is 11.6. The number of likely N-dealkylation sites (N-methyl/N-ethyl adjacent to an activating group) is 1. The molecule has 9 heteroatoms. The molecule has 0 saturated heterocycles. The van der Waals surface area contributed by atoms with Gasteiger partial charge in [0.2, 0.25) is 21.8 Å². The maximum absolute atomic E-state index is 13.4. The molecule has 1 atom stereocenters. The number of benzene rings is 2. The third kappa shape index (κ3) is 7.29. The van der Waals surface area contributed by atoms with E-state index in [1.807, 2.05) is 60.7 Å². The zero-order valence-corrected chi connectivity index (χ0v) is 20.1. The van der Waals surface area contributed by atoms with E-state index in [9.17, 15) is 18.0 Å². The Morgan fingerprint density at radius 1 is 0.941 bits per heavy atom. The number of carbonyl (C=O) groups is 2. The fraction of sp³-hybridized carbons (Fsp3) is 0.280. The molecule has 0 fully saturated rings. The minimum Gasteiger partial charge on any atom is -0.467 e. The van der Waals surface area contributed by atoms with E-state index in [0.717, 1.165) is 21.7 Å². The molecule has 34 heavy (non-hydrogen) atoms. The third-order valence-corrected chi connectivity index (χ3v) is 6.67. The lowest BCUT2D eigenvalue weighted by Crippen LogP contribution is -2.52. The Morgan fingerprint density at radius 2 is 1.56 bits per heavy atom.